The standard InChI is InChI=1S/C21H27ClN4O3/c1-24(15-20(27)23-13-19-3-2-12-29-19)21(28)16-26-10-8-25(9-11-26)14-17-4-6-18(22)7-5-17/h2-7,12H,8-11,13-16H2,1H3,(H,23,27)/p+2. The number of amides is 2. The van der Waals surface area contributed by atoms with Gasteiger partial charge in [-0.1, -0.05) is 23.7 Å². The van der Waals surface area contributed by atoms with E-state index in [4.69, 9.17) is 16.0 Å². The molecule has 2 aromatic rings. The van der Waals surface area contributed by atoms with E-state index in [2.05, 4.69) is 17.4 Å². The molecular formula is C21H29ClN4O3+2. The largest absolute Gasteiger partial charge is 0.467 e. The maximum Gasteiger partial charge on any atom is 0.277 e. The molecule has 1 aromatic carbocycles. The van der Waals surface area contributed by atoms with Crippen LogP contribution in [0.15, 0.2) is 47.1 Å². The van der Waals surface area contributed by atoms with Gasteiger partial charge in [0.2, 0.25) is 5.91 Å². The SMILES string of the molecule is CN(CC(=O)NCc1ccco1)C(=O)C[NH+]1CC[NH+](Cc2ccc(Cl)cc2)CC1. The molecule has 0 unspecified atom stereocenters. The fraction of sp³-hybridized carbons (Fsp3) is 0.429. The number of nitrogens with zero attached hydrogens (tertiary/aromatic N) is 1. The first kappa shape index (κ1) is 21.4. The van der Waals surface area contributed by atoms with Gasteiger partial charge >= 0.3 is 0 Å². The van der Waals surface area contributed by atoms with Crippen molar-refractivity contribution >= 4 is 23.4 Å². The van der Waals surface area contributed by atoms with Gasteiger partial charge in [0, 0.05) is 17.6 Å². The highest BCUT2D eigenvalue weighted by Crippen LogP contribution is 2.08. The van der Waals surface area contributed by atoms with E-state index in [-0.39, 0.29) is 18.4 Å². The first-order valence-corrected chi connectivity index (χ1v) is 10.3. The van der Waals surface area contributed by atoms with Crippen molar-refractivity contribution in [3.8, 4) is 0 Å². The molecule has 0 saturated carbocycles. The minimum absolute atomic E-state index is 0.00528. The average molecular weight is 421 g/mol. The van der Waals surface area contributed by atoms with Crippen molar-refractivity contribution in [1.29, 1.82) is 0 Å². The number of rotatable bonds is 8. The Morgan fingerprint density at radius 1 is 1.10 bits per heavy atom. The number of hydrogen-bond acceptors (Lipinski definition) is 3. The normalized spacial score (nSPS) is 19.0. The summed E-state index contributed by atoms with van der Waals surface area (Å²) in [6.07, 6.45) is 1.57. The van der Waals surface area contributed by atoms with Crippen molar-refractivity contribution in [1.82, 2.24) is 10.2 Å². The van der Waals surface area contributed by atoms with Gasteiger partial charge in [-0.3, -0.25) is 9.59 Å². The van der Waals surface area contributed by atoms with E-state index in [1.165, 1.54) is 20.3 Å². The summed E-state index contributed by atoms with van der Waals surface area (Å²) in [4.78, 5) is 28.8. The minimum atomic E-state index is -0.190. The number of furan rings is 1. The van der Waals surface area contributed by atoms with Crippen molar-refractivity contribution in [2.45, 2.75) is 13.1 Å². The predicted molar refractivity (Wildman–Crippen MR) is 110 cm³/mol. The van der Waals surface area contributed by atoms with Crippen LogP contribution in [-0.2, 0) is 22.7 Å². The van der Waals surface area contributed by atoms with Crippen molar-refractivity contribution in [3.05, 3.63) is 59.0 Å². The maximum absolute atomic E-state index is 12.5. The topological polar surface area (TPSA) is 71.4 Å². The van der Waals surface area contributed by atoms with Gasteiger partial charge in [0.1, 0.15) is 38.5 Å². The summed E-state index contributed by atoms with van der Waals surface area (Å²) < 4.78 is 5.18. The number of quaternary nitrogens is 2. The third-order valence-corrected chi connectivity index (χ3v) is 5.53. The number of halogens is 1. The van der Waals surface area contributed by atoms with Gasteiger partial charge in [-0.05, 0) is 24.3 Å². The third-order valence-electron chi connectivity index (χ3n) is 5.28. The lowest BCUT2D eigenvalue weighted by molar-refractivity contribution is -1.02. The Morgan fingerprint density at radius 2 is 1.79 bits per heavy atom. The molecule has 2 amide bonds. The monoisotopic (exact) mass is 420 g/mol. The molecule has 0 aliphatic carbocycles. The first-order valence-electron chi connectivity index (χ1n) is 9.94. The van der Waals surface area contributed by atoms with E-state index in [9.17, 15) is 9.59 Å². The average Bonchev–Trinajstić information content (AvgIpc) is 3.23. The first-order chi connectivity index (χ1) is 14.0. The molecule has 2 heterocycles. The molecule has 7 nitrogen and oxygen atoms in total. The molecular weight excluding hydrogens is 392 g/mol. The molecule has 3 N–H and O–H groups in total. The Kier molecular flexibility index (Phi) is 7.69. The fourth-order valence-corrected chi connectivity index (χ4v) is 3.63. The summed E-state index contributed by atoms with van der Waals surface area (Å²) in [5.41, 5.74) is 1.28. The highest BCUT2D eigenvalue weighted by molar-refractivity contribution is 6.30. The number of benzene rings is 1. The van der Waals surface area contributed by atoms with E-state index >= 15 is 0 Å². The molecule has 29 heavy (non-hydrogen) atoms. The van der Waals surface area contributed by atoms with Crippen LogP contribution >= 0.6 is 11.6 Å². The van der Waals surface area contributed by atoms with Gasteiger partial charge in [0.15, 0.2) is 6.54 Å². The van der Waals surface area contributed by atoms with Gasteiger partial charge < -0.3 is 24.4 Å². The van der Waals surface area contributed by atoms with Crippen LogP contribution in [0.5, 0.6) is 0 Å². The zero-order chi connectivity index (χ0) is 20.6. The molecule has 1 aliphatic rings. The lowest BCUT2D eigenvalue weighted by Crippen LogP contribution is -3.28. The number of nitrogens with one attached hydrogen (secondary N) is 3. The van der Waals surface area contributed by atoms with E-state index in [0.717, 1.165) is 37.7 Å². The number of carbonyl (C=O) groups is 2. The third kappa shape index (κ3) is 6.88. The van der Waals surface area contributed by atoms with Gasteiger partial charge in [-0.15, -0.1) is 0 Å². The predicted octanol–water partition coefficient (Wildman–Crippen LogP) is -1.01. The highest BCUT2D eigenvalue weighted by Gasteiger charge is 2.26. The number of likely N-dealkylation sites (N-methyl/N-ethyl adjacent to an activating group) is 1. The molecule has 3 rings (SSSR count). The second-order valence-corrected chi connectivity index (χ2v) is 8.02. The molecule has 0 radical (unpaired) electrons. The van der Waals surface area contributed by atoms with Gasteiger partial charge in [-0.25, -0.2) is 0 Å². The molecule has 1 fully saturated rings. The molecule has 0 spiro atoms. The van der Waals surface area contributed by atoms with E-state index in [0.29, 0.717) is 18.8 Å². The van der Waals surface area contributed by atoms with E-state index in [1.807, 2.05) is 12.1 Å². The Hall–Kier alpha value is -2.35. The number of hydrogen-bond donors (Lipinski definition) is 3. The lowest BCUT2D eigenvalue weighted by Gasteiger charge is -2.30. The van der Waals surface area contributed by atoms with Gasteiger partial charge in [-0.2, -0.15) is 0 Å². The van der Waals surface area contributed by atoms with Gasteiger partial charge in [0.05, 0.1) is 19.4 Å². The number of piperazine rings is 1. The minimum Gasteiger partial charge on any atom is -0.467 e. The molecule has 0 atom stereocenters. The molecule has 156 valence electrons. The van der Waals surface area contributed by atoms with E-state index < -0.39 is 0 Å². The smallest absolute Gasteiger partial charge is 0.277 e. The zero-order valence-electron chi connectivity index (χ0n) is 16.7. The lowest BCUT2D eigenvalue weighted by atomic mass is 10.2. The summed E-state index contributed by atoms with van der Waals surface area (Å²) in [7, 11) is 1.68. The molecule has 0 bridgehead atoms. The summed E-state index contributed by atoms with van der Waals surface area (Å²) in [6.45, 7) is 5.75. The second kappa shape index (κ2) is 10.4. The van der Waals surface area contributed by atoms with Crippen molar-refractivity contribution in [2.75, 3.05) is 46.3 Å². The van der Waals surface area contributed by atoms with Crippen LogP contribution < -0.4 is 15.1 Å². The summed E-state index contributed by atoms with van der Waals surface area (Å²) in [5, 5.41) is 3.52. The Balaban J connectivity index is 1.35. The maximum atomic E-state index is 12.5. The van der Waals surface area contributed by atoms with Crippen LogP contribution in [0, 0.1) is 0 Å². The van der Waals surface area contributed by atoms with Crippen molar-refractivity contribution in [3.63, 3.8) is 0 Å². The van der Waals surface area contributed by atoms with Crippen LogP contribution in [-0.4, -0.2) is 63.0 Å². The fourth-order valence-electron chi connectivity index (χ4n) is 3.51. The molecule has 1 saturated heterocycles. The van der Waals surface area contributed by atoms with Gasteiger partial charge in [0.25, 0.3) is 5.91 Å². The van der Waals surface area contributed by atoms with Crippen molar-refractivity contribution in [2.24, 2.45) is 0 Å². The van der Waals surface area contributed by atoms with Crippen LogP contribution in [0.3, 0.4) is 0 Å². The van der Waals surface area contributed by atoms with Crippen molar-refractivity contribution < 1.29 is 23.8 Å². The van der Waals surface area contributed by atoms with Crippen LogP contribution in [0.2, 0.25) is 5.02 Å². The molecule has 1 aromatic heterocycles. The van der Waals surface area contributed by atoms with Crippen LogP contribution in [0.25, 0.3) is 0 Å². The number of carbonyl (C=O) groups excluding carboxylic acids is 2. The van der Waals surface area contributed by atoms with E-state index in [1.54, 1.807) is 25.4 Å². The Labute approximate surface area is 176 Å². The molecule has 1 aliphatic heterocycles. The van der Waals surface area contributed by atoms with Crippen LogP contribution in [0.1, 0.15) is 11.3 Å². The summed E-state index contributed by atoms with van der Waals surface area (Å²) >= 11 is 5.94. The Bertz CT molecular complexity index is 787. The quantitative estimate of drug-likeness (QED) is 0.512. The highest BCUT2D eigenvalue weighted by atomic mass is 35.5. The second-order valence-electron chi connectivity index (χ2n) is 7.59. The summed E-state index contributed by atoms with van der Waals surface area (Å²) in [5.74, 6) is 0.495. The zero-order valence-corrected chi connectivity index (χ0v) is 17.5. The summed E-state index contributed by atoms with van der Waals surface area (Å²) in [6, 6.07) is 11.6. The van der Waals surface area contributed by atoms with Crippen LogP contribution in [0.4, 0.5) is 0 Å². The molecule has 8 heteroatoms. The Morgan fingerprint density at radius 3 is 2.45 bits per heavy atom.